The number of sulfonamides is 1. The summed E-state index contributed by atoms with van der Waals surface area (Å²) in [5.41, 5.74) is -1.27. The number of nitrogens with zero attached hydrogens (tertiary/aromatic N) is 1. The molecule has 0 saturated carbocycles. The number of hydrogen-bond acceptors (Lipinski definition) is 4. The third-order valence-corrected chi connectivity index (χ3v) is 5.11. The Morgan fingerprint density at radius 2 is 1.85 bits per heavy atom. The molecule has 6 nitrogen and oxygen atoms in total. The summed E-state index contributed by atoms with van der Waals surface area (Å²) >= 11 is 0. The summed E-state index contributed by atoms with van der Waals surface area (Å²) in [6.45, 7) is 2.05. The summed E-state index contributed by atoms with van der Waals surface area (Å²) in [6, 6.07) is 7.91. The minimum absolute atomic E-state index is 0.0313. The second-order valence-corrected chi connectivity index (χ2v) is 7.07. The normalized spacial score (nSPS) is 12.5. The van der Waals surface area contributed by atoms with Crippen LogP contribution in [0.5, 0.6) is 0 Å². The van der Waals surface area contributed by atoms with Gasteiger partial charge in [-0.05, 0) is 31.2 Å². The van der Waals surface area contributed by atoms with Crippen molar-refractivity contribution in [3.05, 3.63) is 58.6 Å². The SMILES string of the molecule is CCn1c(=O)oc2cc(S(=O)(=O)Nc3ccccc3C(F)(F)F)ccc21. The lowest BCUT2D eigenvalue weighted by Gasteiger charge is -2.14. The van der Waals surface area contributed by atoms with Crippen molar-refractivity contribution >= 4 is 26.8 Å². The van der Waals surface area contributed by atoms with Gasteiger partial charge >= 0.3 is 11.9 Å². The number of fused-ring (bicyclic) bond motifs is 1. The van der Waals surface area contributed by atoms with Crippen molar-refractivity contribution in [3.8, 4) is 0 Å². The second-order valence-electron chi connectivity index (χ2n) is 5.39. The number of hydrogen-bond donors (Lipinski definition) is 1. The van der Waals surface area contributed by atoms with Gasteiger partial charge in [0, 0.05) is 12.6 Å². The van der Waals surface area contributed by atoms with Gasteiger partial charge in [0.05, 0.1) is 21.7 Å². The molecule has 10 heteroatoms. The van der Waals surface area contributed by atoms with Gasteiger partial charge < -0.3 is 4.42 Å². The van der Waals surface area contributed by atoms with Crippen LogP contribution in [0.3, 0.4) is 0 Å². The van der Waals surface area contributed by atoms with Gasteiger partial charge in [-0.1, -0.05) is 12.1 Å². The van der Waals surface area contributed by atoms with Gasteiger partial charge in [-0.15, -0.1) is 0 Å². The van der Waals surface area contributed by atoms with Crippen molar-refractivity contribution in [1.82, 2.24) is 4.57 Å². The first-order chi connectivity index (χ1) is 12.1. The Morgan fingerprint density at radius 3 is 2.50 bits per heavy atom. The molecule has 3 aromatic rings. The summed E-state index contributed by atoms with van der Waals surface area (Å²) in [5, 5.41) is 0. The Balaban J connectivity index is 2.05. The van der Waals surface area contributed by atoms with Gasteiger partial charge in [0.2, 0.25) is 0 Å². The van der Waals surface area contributed by atoms with Crippen LogP contribution in [0.2, 0.25) is 0 Å². The highest BCUT2D eigenvalue weighted by molar-refractivity contribution is 7.92. The minimum Gasteiger partial charge on any atom is -0.408 e. The number of benzene rings is 2. The predicted octanol–water partition coefficient (Wildman–Crippen LogP) is 3.43. The molecule has 0 saturated heterocycles. The monoisotopic (exact) mass is 386 g/mol. The maximum atomic E-state index is 13.0. The van der Waals surface area contributed by atoms with Crippen molar-refractivity contribution < 1.29 is 26.0 Å². The fraction of sp³-hybridized carbons (Fsp3) is 0.188. The highest BCUT2D eigenvalue weighted by atomic mass is 32.2. The second kappa shape index (κ2) is 6.20. The molecule has 1 aromatic heterocycles. The Hall–Kier alpha value is -2.75. The van der Waals surface area contributed by atoms with E-state index in [4.69, 9.17) is 4.42 Å². The number of aryl methyl sites for hydroxylation is 1. The molecule has 0 amide bonds. The molecule has 3 rings (SSSR count). The lowest BCUT2D eigenvalue weighted by atomic mass is 10.2. The van der Waals surface area contributed by atoms with Gasteiger partial charge in [-0.25, -0.2) is 13.2 Å². The molecule has 0 fully saturated rings. The average Bonchev–Trinajstić information content (AvgIpc) is 2.88. The topological polar surface area (TPSA) is 81.3 Å². The van der Waals surface area contributed by atoms with E-state index in [0.29, 0.717) is 12.1 Å². The van der Waals surface area contributed by atoms with Crippen molar-refractivity contribution in [1.29, 1.82) is 0 Å². The van der Waals surface area contributed by atoms with Crippen LogP contribution in [0.15, 0.2) is 56.6 Å². The number of anilines is 1. The Morgan fingerprint density at radius 1 is 1.15 bits per heavy atom. The van der Waals surface area contributed by atoms with Gasteiger partial charge in [-0.3, -0.25) is 9.29 Å². The molecule has 0 spiro atoms. The Kier molecular flexibility index (Phi) is 4.31. The van der Waals surface area contributed by atoms with Gasteiger partial charge in [0.15, 0.2) is 5.58 Å². The molecule has 0 aliphatic heterocycles. The van der Waals surface area contributed by atoms with Gasteiger partial charge in [-0.2, -0.15) is 13.2 Å². The lowest BCUT2D eigenvalue weighted by molar-refractivity contribution is -0.136. The predicted molar refractivity (Wildman–Crippen MR) is 88.4 cm³/mol. The van der Waals surface area contributed by atoms with E-state index >= 15 is 0 Å². The average molecular weight is 386 g/mol. The van der Waals surface area contributed by atoms with Crippen LogP contribution in [-0.4, -0.2) is 13.0 Å². The van der Waals surface area contributed by atoms with Crippen LogP contribution in [0.1, 0.15) is 12.5 Å². The fourth-order valence-electron chi connectivity index (χ4n) is 2.54. The van der Waals surface area contributed by atoms with E-state index in [-0.39, 0.29) is 10.5 Å². The van der Waals surface area contributed by atoms with Crippen LogP contribution in [0.4, 0.5) is 18.9 Å². The van der Waals surface area contributed by atoms with Gasteiger partial charge in [0.1, 0.15) is 0 Å². The maximum absolute atomic E-state index is 13.0. The van der Waals surface area contributed by atoms with Crippen LogP contribution >= 0.6 is 0 Å². The lowest BCUT2D eigenvalue weighted by Crippen LogP contribution is -2.17. The zero-order valence-corrected chi connectivity index (χ0v) is 14.2. The Bertz CT molecular complexity index is 1130. The third kappa shape index (κ3) is 3.19. The third-order valence-electron chi connectivity index (χ3n) is 3.74. The minimum atomic E-state index is -4.71. The van der Waals surface area contributed by atoms with Crippen molar-refractivity contribution in [2.45, 2.75) is 24.5 Å². The van der Waals surface area contributed by atoms with E-state index in [1.807, 2.05) is 4.72 Å². The molecule has 2 aromatic carbocycles. The van der Waals surface area contributed by atoms with Crippen LogP contribution in [0, 0.1) is 0 Å². The number of halogens is 3. The van der Waals surface area contributed by atoms with Crippen LogP contribution < -0.4 is 10.5 Å². The molecule has 26 heavy (non-hydrogen) atoms. The molecule has 0 unspecified atom stereocenters. The highest BCUT2D eigenvalue weighted by Crippen LogP contribution is 2.35. The first kappa shape index (κ1) is 18.1. The highest BCUT2D eigenvalue weighted by Gasteiger charge is 2.34. The zero-order chi connectivity index (χ0) is 19.1. The molecule has 1 N–H and O–H groups in total. The van der Waals surface area contributed by atoms with E-state index in [2.05, 4.69) is 0 Å². The number of aromatic nitrogens is 1. The van der Waals surface area contributed by atoms with E-state index in [1.165, 1.54) is 22.8 Å². The molecule has 0 atom stereocenters. The zero-order valence-electron chi connectivity index (χ0n) is 13.4. The van der Waals surface area contributed by atoms with Crippen LogP contribution in [0.25, 0.3) is 11.1 Å². The summed E-state index contributed by atoms with van der Waals surface area (Å²) < 4.78 is 72.3. The molecule has 0 aliphatic carbocycles. The molecular weight excluding hydrogens is 373 g/mol. The molecule has 0 bridgehead atoms. The number of nitrogens with one attached hydrogen (secondary N) is 1. The number of para-hydroxylation sites is 1. The van der Waals surface area contributed by atoms with Crippen molar-refractivity contribution in [3.63, 3.8) is 0 Å². The molecular formula is C16H13F3N2O4S. The first-order valence-electron chi connectivity index (χ1n) is 7.46. The summed E-state index contributed by atoms with van der Waals surface area (Å²) in [6.07, 6.45) is -4.71. The number of alkyl halides is 3. The van der Waals surface area contributed by atoms with Crippen molar-refractivity contribution in [2.75, 3.05) is 4.72 Å². The Labute approximate surface area is 145 Å². The summed E-state index contributed by atoms with van der Waals surface area (Å²) in [5.74, 6) is -0.646. The molecule has 0 aliphatic rings. The van der Waals surface area contributed by atoms with Crippen molar-refractivity contribution in [2.24, 2.45) is 0 Å². The number of rotatable bonds is 4. The number of oxazole rings is 1. The largest absolute Gasteiger partial charge is 0.419 e. The van der Waals surface area contributed by atoms with E-state index < -0.39 is 33.2 Å². The van der Waals surface area contributed by atoms with E-state index in [9.17, 15) is 26.4 Å². The maximum Gasteiger partial charge on any atom is 0.419 e. The first-order valence-corrected chi connectivity index (χ1v) is 8.94. The van der Waals surface area contributed by atoms with E-state index in [0.717, 1.165) is 24.3 Å². The quantitative estimate of drug-likeness (QED) is 0.745. The molecule has 0 radical (unpaired) electrons. The summed E-state index contributed by atoms with van der Waals surface area (Å²) in [7, 11) is -4.32. The van der Waals surface area contributed by atoms with Crippen LogP contribution in [-0.2, 0) is 22.7 Å². The standard InChI is InChI=1S/C16H13F3N2O4S/c1-2-21-13-8-7-10(9-14(13)25-15(21)22)26(23,24)20-12-6-4-3-5-11(12)16(17,18)19/h3-9,20H,2H2,1H3. The van der Waals surface area contributed by atoms with Gasteiger partial charge in [0.25, 0.3) is 10.0 Å². The summed E-state index contributed by atoms with van der Waals surface area (Å²) in [4.78, 5) is 11.4. The van der Waals surface area contributed by atoms with E-state index in [1.54, 1.807) is 6.92 Å². The smallest absolute Gasteiger partial charge is 0.408 e. The molecule has 138 valence electrons. The fourth-order valence-corrected chi connectivity index (χ4v) is 3.63. The molecule has 1 heterocycles.